The predicted octanol–water partition coefficient (Wildman–Crippen LogP) is 3.06. The van der Waals surface area contributed by atoms with E-state index in [0.717, 1.165) is 5.56 Å². The van der Waals surface area contributed by atoms with Gasteiger partial charge in [-0.15, -0.1) is 0 Å². The van der Waals surface area contributed by atoms with Crippen LogP contribution in [0.4, 0.5) is 5.69 Å². The fourth-order valence-corrected chi connectivity index (χ4v) is 2.01. The van der Waals surface area contributed by atoms with Crippen molar-refractivity contribution in [1.82, 2.24) is 0 Å². The van der Waals surface area contributed by atoms with E-state index in [9.17, 15) is 14.9 Å². The number of rotatable bonds is 5. The number of nitrogens with zero attached hydrogens (tertiary/aromatic N) is 1. The van der Waals surface area contributed by atoms with Crippen LogP contribution in [0.2, 0.25) is 0 Å². The highest BCUT2D eigenvalue weighted by Gasteiger charge is 2.13. The Morgan fingerprint density at radius 2 is 1.95 bits per heavy atom. The zero-order valence-corrected chi connectivity index (χ0v) is 12.2. The summed E-state index contributed by atoms with van der Waals surface area (Å²) in [5, 5.41) is 10.7. The van der Waals surface area contributed by atoms with Gasteiger partial charge in [0, 0.05) is 11.6 Å². The second-order valence-corrected chi connectivity index (χ2v) is 4.71. The first kappa shape index (κ1) is 15.5. The molecule has 0 bridgehead atoms. The van der Waals surface area contributed by atoms with Gasteiger partial charge in [-0.25, -0.2) is 0 Å². The first-order valence-electron chi connectivity index (χ1n) is 6.58. The van der Waals surface area contributed by atoms with Crippen LogP contribution < -0.4 is 9.47 Å². The number of nitro groups is 1. The highest BCUT2D eigenvalue weighted by Crippen LogP contribution is 2.23. The molecule has 0 aliphatic heterocycles. The highest BCUT2D eigenvalue weighted by atomic mass is 16.6. The van der Waals surface area contributed by atoms with E-state index in [1.54, 1.807) is 38.3 Å². The molecule has 0 atom stereocenters. The third-order valence-electron chi connectivity index (χ3n) is 3.08. The predicted molar refractivity (Wildman–Crippen MR) is 80.2 cm³/mol. The molecule has 6 heteroatoms. The second-order valence-electron chi connectivity index (χ2n) is 4.71. The van der Waals surface area contributed by atoms with Crippen molar-refractivity contribution in [2.24, 2.45) is 0 Å². The van der Waals surface area contributed by atoms with Gasteiger partial charge in [-0.2, -0.15) is 0 Å². The van der Waals surface area contributed by atoms with E-state index < -0.39 is 10.9 Å². The Hall–Kier alpha value is -2.89. The normalized spacial score (nSPS) is 10.1. The van der Waals surface area contributed by atoms with Crippen LogP contribution in [0.5, 0.6) is 11.5 Å². The van der Waals surface area contributed by atoms with Gasteiger partial charge in [0.15, 0.2) is 0 Å². The van der Waals surface area contributed by atoms with E-state index in [1.807, 2.05) is 0 Å². The zero-order valence-electron chi connectivity index (χ0n) is 12.2. The standard InChI is InChI=1S/C16H15NO5/c1-11-8-14(6-7-15(11)17(19)20)22-16(18)10-12-4-3-5-13(9-12)21-2/h3-9H,10H2,1-2H3. The fourth-order valence-electron chi connectivity index (χ4n) is 2.01. The lowest BCUT2D eigenvalue weighted by Gasteiger charge is -2.06. The lowest BCUT2D eigenvalue weighted by Crippen LogP contribution is -2.11. The number of aryl methyl sites for hydroxylation is 1. The molecular formula is C16H15NO5. The molecule has 0 fully saturated rings. The van der Waals surface area contributed by atoms with Gasteiger partial charge in [-0.05, 0) is 36.8 Å². The Balaban J connectivity index is 2.05. The highest BCUT2D eigenvalue weighted by molar-refractivity contribution is 5.75. The number of nitro benzene ring substituents is 1. The van der Waals surface area contributed by atoms with Gasteiger partial charge in [-0.3, -0.25) is 14.9 Å². The van der Waals surface area contributed by atoms with E-state index >= 15 is 0 Å². The number of methoxy groups -OCH3 is 1. The summed E-state index contributed by atoms with van der Waals surface area (Å²) in [7, 11) is 1.55. The summed E-state index contributed by atoms with van der Waals surface area (Å²) in [6.45, 7) is 1.59. The smallest absolute Gasteiger partial charge is 0.315 e. The molecule has 0 radical (unpaired) electrons. The van der Waals surface area contributed by atoms with Crippen molar-refractivity contribution in [2.75, 3.05) is 7.11 Å². The molecule has 0 saturated heterocycles. The second kappa shape index (κ2) is 6.71. The SMILES string of the molecule is COc1cccc(CC(=O)Oc2ccc([N+](=O)[O-])c(C)c2)c1. The van der Waals surface area contributed by atoms with Crippen LogP contribution in [0.1, 0.15) is 11.1 Å². The molecule has 0 spiro atoms. The lowest BCUT2D eigenvalue weighted by molar-refractivity contribution is -0.385. The molecule has 2 rings (SSSR count). The summed E-state index contributed by atoms with van der Waals surface area (Å²) in [4.78, 5) is 22.2. The molecule has 0 saturated carbocycles. The number of hydrogen-bond acceptors (Lipinski definition) is 5. The Morgan fingerprint density at radius 1 is 1.18 bits per heavy atom. The minimum Gasteiger partial charge on any atom is -0.497 e. The summed E-state index contributed by atoms with van der Waals surface area (Å²) in [6.07, 6.45) is 0.0905. The Kier molecular flexibility index (Phi) is 4.73. The van der Waals surface area contributed by atoms with E-state index in [-0.39, 0.29) is 17.9 Å². The van der Waals surface area contributed by atoms with Crippen LogP contribution in [0.25, 0.3) is 0 Å². The van der Waals surface area contributed by atoms with Crippen molar-refractivity contribution in [3.63, 3.8) is 0 Å². The minimum atomic E-state index is -0.475. The number of benzene rings is 2. The van der Waals surface area contributed by atoms with Crippen molar-refractivity contribution >= 4 is 11.7 Å². The zero-order chi connectivity index (χ0) is 16.1. The number of hydrogen-bond donors (Lipinski definition) is 0. The van der Waals surface area contributed by atoms with Gasteiger partial charge in [-0.1, -0.05) is 12.1 Å². The molecule has 0 aliphatic rings. The van der Waals surface area contributed by atoms with Crippen LogP contribution >= 0.6 is 0 Å². The van der Waals surface area contributed by atoms with E-state index in [1.165, 1.54) is 18.2 Å². The summed E-state index contributed by atoms with van der Waals surface area (Å²) < 4.78 is 10.3. The number of ether oxygens (including phenoxy) is 2. The third-order valence-corrected chi connectivity index (χ3v) is 3.08. The van der Waals surface area contributed by atoms with Gasteiger partial charge < -0.3 is 9.47 Å². The molecule has 0 heterocycles. The molecule has 2 aromatic carbocycles. The molecule has 6 nitrogen and oxygen atoms in total. The van der Waals surface area contributed by atoms with Crippen molar-refractivity contribution in [3.8, 4) is 11.5 Å². The largest absolute Gasteiger partial charge is 0.497 e. The number of esters is 1. The molecule has 114 valence electrons. The van der Waals surface area contributed by atoms with Crippen molar-refractivity contribution in [1.29, 1.82) is 0 Å². The molecule has 0 amide bonds. The van der Waals surface area contributed by atoms with Crippen LogP contribution in [0, 0.1) is 17.0 Å². The molecule has 0 N–H and O–H groups in total. The van der Waals surface area contributed by atoms with Crippen LogP contribution in [0.15, 0.2) is 42.5 Å². The fraction of sp³-hybridized carbons (Fsp3) is 0.188. The molecule has 0 unspecified atom stereocenters. The molecule has 0 aliphatic carbocycles. The molecular weight excluding hydrogens is 286 g/mol. The topological polar surface area (TPSA) is 78.7 Å². The monoisotopic (exact) mass is 301 g/mol. The Labute approximate surface area is 127 Å². The average Bonchev–Trinajstić information content (AvgIpc) is 2.47. The van der Waals surface area contributed by atoms with Gasteiger partial charge >= 0.3 is 5.97 Å². The third kappa shape index (κ3) is 3.82. The maximum absolute atomic E-state index is 11.9. The summed E-state index contributed by atoms with van der Waals surface area (Å²) in [6, 6.07) is 11.3. The molecule has 0 aromatic heterocycles. The van der Waals surface area contributed by atoms with Crippen molar-refractivity contribution in [3.05, 3.63) is 63.7 Å². The Bertz CT molecular complexity index is 711. The van der Waals surface area contributed by atoms with Crippen LogP contribution in [0.3, 0.4) is 0 Å². The van der Waals surface area contributed by atoms with E-state index in [2.05, 4.69) is 0 Å². The lowest BCUT2D eigenvalue weighted by atomic mass is 10.1. The first-order chi connectivity index (χ1) is 10.5. The van der Waals surface area contributed by atoms with E-state index in [0.29, 0.717) is 11.3 Å². The molecule has 2 aromatic rings. The van der Waals surface area contributed by atoms with Crippen molar-refractivity contribution in [2.45, 2.75) is 13.3 Å². The van der Waals surface area contributed by atoms with Gasteiger partial charge in [0.05, 0.1) is 18.5 Å². The van der Waals surface area contributed by atoms with Gasteiger partial charge in [0.1, 0.15) is 11.5 Å². The minimum absolute atomic E-state index is 0.00686. The summed E-state index contributed by atoms with van der Waals surface area (Å²) >= 11 is 0. The molecule has 22 heavy (non-hydrogen) atoms. The number of carbonyl (C=O) groups is 1. The van der Waals surface area contributed by atoms with Crippen LogP contribution in [-0.4, -0.2) is 18.0 Å². The van der Waals surface area contributed by atoms with Gasteiger partial charge in [0.2, 0.25) is 0 Å². The maximum atomic E-state index is 11.9. The maximum Gasteiger partial charge on any atom is 0.315 e. The van der Waals surface area contributed by atoms with Crippen LogP contribution in [-0.2, 0) is 11.2 Å². The number of carbonyl (C=O) groups excluding carboxylic acids is 1. The van der Waals surface area contributed by atoms with Gasteiger partial charge in [0.25, 0.3) is 5.69 Å². The van der Waals surface area contributed by atoms with Crippen molar-refractivity contribution < 1.29 is 19.2 Å². The summed E-state index contributed by atoms with van der Waals surface area (Å²) in [5.41, 5.74) is 1.20. The quantitative estimate of drug-likeness (QED) is 0.367. The Morgan fingerprint density at radius 3 is 2.59 bits per heavy atom. The first-order valence-corrected chi connectivity index (χ1v) is 6.58. The van der Waals surface area contributed by atoms with E-state index in [4.69, 9.17) is 9.47 Å². The average molecular weight is 301 g/mol. The summed E-state index contributed by atoms with van der Waals surface area (Å²) in [5.74, 6) is 0.508.